The Balaban J connectivity index is 1.23. The molecule has 8 heteroatoms. The van der Waals surface area contributed by atoms with Crippen molar-refractivity contribution in [1.82, 2.24) is 19.9 Å². The first-order valence-electron chi connectivity index (χ1n) is 11.1. The van der Waals surface area contributed by atoms with Gasteiger partial charge in [-0.1, -0.05) is 24.3 Å². The zero-order chi connectivity index (χ0) is 24.2. The van der Waals surface area contributed by atoms with Gasteiger partial charge in [-0.05, 0) is 55.0 Å². The van der Waals surface area contributed by atoms with Crippen LogP contribution in [-0.2, 0) is 6.42 Å². The highest BCUT2D eigenvalue weighted by Gasteiger charge is 2.09. The number of Topliss-reactive ketones (excluding diaryl/α,β-unsaturated/α-hetero) is 1. The minimum Gasteiger partial charge on any atom is -0.368 e. The van der Waals surface area contributed by atoms with Crippen molar-refractivity contribution in [1.29, 1.82) is 0 Å². The predicted molar refractivity (Wildman–Crippen MR) is 138 cm³/mol. The fraction of sp³-hybridized carbons (Fsp3) is 0.0741. The number of pyridine rings is 2. The molecule has 0 amide bonds. The summed E-state index contributed by atoms with van der Waals surface area (Å²) in [6.07, 6.45) is 3.72. The maximum absolute atomic E-state index is 12.8. The number of aryl methyl sites for hydroxylation is 1. The van der Waals surface area contributed by atoms with Gasteiger partial charge in [0.2, 0.25) is 5.95 Å². The molecular formula is C27H23N7O. The molecule has 3 aromatic heterocycles. The Morgan fingerprint density at radius 2 is 1.71 bits per heavy atom. The first-order valence-corrected chi connectivity index (χ1v) is 11.1. The minimum atomic E-state index is 0.0209. The second-order valence-electron chi connectivity index (χ2n) is 8.11. The van der Waals surface area contributed by atoms with Gasteiger partial charge in [-0.3, -0.25) is 9.78 Å². The van der Waals surface area contributed by atoms with Crippen molar-refractivity contribution in [3.63, 3.8) is 0 Å². The van der Waals surface area contributed by atoms with Gasteiger partial charge in [0.25, 0.3) is 0 Å². The molecule has 0 spiro atoms. The van der Waals surface area contributed by atoms with Gasteiger partial charge in [0.05, 0.1) is 5.52 Å². The van der Waals surface area contributed by atoms with Crippen LogP contribution < -0.4 is 16.4 Å². The number of carbonyl (C=O) groups is 1. The van der Waals surface area contributed by atoms with E-state index in [0.717, 1.165) is 33.5 Å². The smallest absolute Gasteiger partial charge is 0.222 e. The van der Waals surface area contributed by atoms with Crippen LogP contribution in [0.5, 0.6) is 0 Å². The molecule has 3 heterocycles. The number of hydrogen-bond donors (Lipinski definition) is 3. The number of hydrogen-bond acceptors (Lipinski definition) is 8. The number of fused-ring (bicyclic) bond motifs is 1. The second-order valence-corrected chi connectivity index (χ2v) is 8.11. The Morgan fingerprint density at radius 1 is 0.886 bits per heavy atom. The van der Waals surface area contributed by atoms with Crippen molar-refractivity contribution in [2.75, 3.05) is 16.4 Å². The number of ketones is 1. The van der Waals surface area contributed by atoms with Gasteiger partial charge in [0.15, 0.2) is 5.78 Å². The van der Waals surface area contributed by atoms with Crippen LogP contribution in [0.1, 0.15) is 21.6 Å². The molecule has 0 unspecified atom stereocenters. The number of nitrogens with one attached hydrogen (secondary N) is 2. The number of para-hydroxylation sites is 1. The molecule has 0 aliphatic heterocycles. The molecule has 4 N–H and O–H groups in total. The fourth-order valence-electron chi connectivity index (χ4n) is 3.78. The van der Waals surface area contributed by atoms with Gasteiger partial charge in [-0.25, -0.2) is 9.97 Å². The number of nitrogen functional groups attached to an aromatic ring is 1. The molecule has 5 aromatic rings. The first kappa shape index (κ1) is 22.0. The summed E-state index contributed by atoms with van der Waals surface area (Å²) in [5.74, 6) is 1.40. The topological polar surface area (TPSA) is 119 Å². The second kappa shape index (κ2) is 9.56. The first-order chi connectivity index (χ1) is 17.0. The zero-order valence-electron chi connectivity index (χ0n) is 19.1. The van der Waals surface area contributed by atoms with E-state index < -0.39 is 0 Å². The van der Waals surface area contributed by atoms with E-state index in [1.807, 2.05) is 73.7 Å². The summed E-state index contributed by atoms with van der Waals surface area (Å²) in [6, 6.07) is 22.8. The Morgan fingerprint density at radius 3 is 2.49 bits per heavy atom. The lowest BCUT2D eigenvalue weighted by molar-refractivity contribution is 0.0993. The molecule has 0 aliphatic rings. The van der Waals surface area contributed by atoms with Crippen molar-refractivity contribution in [3.8, 4) is 0 Å². The lowest BCUT2D eigenvalue weighted by Crippen LogP contribution is -2.05. The Labute approximate surface area is 202 Å². The average Bonchev–Trinajstić information content (AvgIpc) is 2.85. The van der Waals surface area contributed by atoms with Gasteiger partial charge in [-0.15, -0.1) is 0 Å². The minimum absolute atomic E-state index is 0.0209. The van der Waals surface area contributed by atoms with Gasteiger partial charge < -0.3 is 16.4 Å². The monoisotopic (exact) mass is 461 g/mol. The summed E-state index contributed by atoms with van der Waals surface area (Å²) in [5, 5.41) is 7.55. The molecule has 0 aliphatic carbocycles. The molecule has 5 rings (SSSR count). The highest BCUT2D eigenvalue weighted by molar-refractivity contribution is 5.98. The Bertz CT molecular complexity index is 1470. The van der Waals surface area contributed by atoms with Crippen LogP contribution in [-0.4, -0.2) is 25.7 Å². The molecule has 0 fully saturated rings. The quantitative estimate of drug-likeness (QED) is 0.282. The Kier molecular flexibility index (Phi) is 6.00. The normalized spacial score (nSPS) is 10.8. The fourth-order valence-corrected chi connectivity index (χ4v) is 3.78. The maximum Gasteiger partial charge on any atom is 0.222 e. The number of anilines is 5. The number of rotatable bonds is 7. The summed E-state index contributed by atoms with van der Waals surface area (Å²) in [5.41, 5.74) is 10.7. The van der Waals surface area contributed by atoms with Crippen LogP contribution in [0.4, 0.5) is 29.0 Å². The SMILES string of the molecule is Cc1cc(Nc2ccc(CC(=O)c3ccc(Nc4ccnc5ccccc45)cc3)cn2)nc(N)n1. The molecule has 0 bridgehead atoms. The number of carbonyl (C=O) groups excluding carboxylic acids is 1. The van der Waals surface area contributed by atoms with E-state index in [0.29, 0.717) is 17.2 Å². The lowest BCUT2D eigenvalue weighted by Gasteiger charge is -2.10. The molecule has 0 atom stereocenters. The predicted octanol–water partition coefficient (Wildman–Crippen LogP) is 5.22. The summed E-state index contributed by atoms with van der Waals surface area (Å²) in [4.78, 5) is 29.8. The lowest BCUT2D eigenvalue weighted by atomic mass is 10.0. The summed E-state index contributed by atoms with van der Waals surface area (Å²) in [6.45, 7) is 1.84. The van der Waals surface area contributed by atoms with Crippen LogP contribution >= 0.6 is 0 Å². The molecule has 35 heavy (non-hydrogen) atoms. The van der Waals surface area contributed by atoms with E-state index in [4.69, 9.17) is 5.73 Å². The van der Waals surface area contributed by atoms with Gasteiger partial charge in [-0.2, -0.15) is 4.98 Å². The van der Waals surface area contributed by atoms with Crippen LogP contribution in [0, 0.1) is 6.92 Å². The van der Waals surface area contributed by atoms with Crippen molar-refractivity contribution in [2.45, 2.75) is 13.3 Å². The highest BCUT2D eigenvalue weighted by Crippen LogP contribution is 2.25. The summed E-state index contributed by atoms with van der Waals surface area (Å²) >= 11 is 0. The maximum atomic E-state index is 12.8. The van der Waals surface area contributed by atoms with E-state index >= 15 is 0 Å². The van der Waals surface area contributed by atoms with E-state index in [9.17, 15) is 4.79 Å². The van der Waals surface area contributed by atoms with Crippen molar-refractivity contribution in [3.05, 3.63) is 102 Å². The van der Waals surface area contributed by atoms with Crippen LogP contribution in [0.15, 0.2) is 85.2 Å². The van der Waals surface area contributed by atoms with E-state index in [-0.39, 0.29) is 18.2 Å². The highest BCUT2D eigenvalue weighted by atomic mass is 16.1. The van der Waals surface area contributed by atoms with Crippen molar-refractivity contribution in [2.24, 2.45) is 0 Å². The van der Waals surface area contributed by atoms with Gasteiger partial charge in [0.1, 0.15) is 11.6 Å². The average molecular weight is 462 g/mol. The van der Waals surface area contributed by atoms with Crippen molar-refractivity contribution < 1.29 is 4.79 Å². The van der Waals surface area contributed by atoms with Gasteiger partial charge in [0, 0.05) is 52.9 Å². The van der Waals surface area contributed by atoms with Gasteiger partial charge >= 0.3 is 0 Å². The third-order valence-corrected chi connectivity index (χ3v) is 5.45. The van der Waals surface area contributed by atoms with E-state index in [2.05, 4.69) is 30.6 Å². The Hall–Kier alpha value is -4.85. The van der Waals surface area contributed by atoms with Crippen LogP contribution in [0.3, 0.4) is 0 Å². The number of nitrogens with zero attached hydrogens (tertiary/aromatic N) is 4. The summed E-state index contributed by atoms with van der Waals surface area (Å²) in [7, 11) is 0. The zero-order valence-corrected chi connectivity index (χ0v) is 19.1. The van der Waals surface area contributed by atoms with Crippen LogP contribution in [0.2, 0.25) is 0 Å². The number of aromatic nitrogens is 4. The summed E-state index contributed by atoms with van der Waals surface area (Å²) < 4.78 is 0. The molecule has 8 nitrogen and oxygen atoms in total. The van der Waals surface area contributed by atoms with Crippen molar-refractivity contribution >= 4 is 45.6 Å². The third-order valence-electron chi connectivity index (χ3n) is 5.45. The molecule has 172 valence electrons. The van der Waals surface area contributed by atoms with E-state index in [1.54, 1.807) is 18.5 Å². The van der Waals surface area contributed by atoms with E-state index in [1.165, 1.54) is 0 Å². The third kappa shape index (κ3) is 5.22. The molecule has 2 aromatic carbocycles. The standard InChI is InChI=1S/C27H23N7O/c1-17-14-26(34-27(28)31-17)33-25-11-6-18(16-30-25)15-24(35)19-7-9-20(10-8-19)32-23-12-13-29-22-5-3-2-4-21(22)23/h2-14,16H,15H2,1H3,(H,29,32)(H3,28,30,31,33,34). The molecular weight excluding hydrogens is 438 g/mol. The largest absolute Gasteiger partial charge is 0.368 e. The molecule has 0 saturated carbocycles. The van der Waals surface area contributed by atoms with Crippen LogP contribution in [0.25, 0.3) is 10.9 Å². The number of nitrogens with two attached hydrogens (primary N) is 1. The molecule has 0 radical (unpaired) electrons. The number of benzene rings is 2. The molecule has 0 saturated heterocycles.